The van der Waals surface area contributed by atoms with Crippen LogP contribution in [0.25, 0.3) is 0 Å². The molecule has 11 nitrogen and oxygen atoms in total. The first-order valence-corrected chi connectivity index (χ1v) is 17.3. The number of hydrogen-bond donors (Lipinski definition) is 6. The Hall–Kier alpha value is -4.28. The minimum atomic E-state index is -0.864. The minimum Gasteiger partial charge on any atom is -0.508 e. The van der Waals surface area contributed by atoms with E-state index in [0.29, 0.717) is 6.42 Å². The summed E-state index contributed by atoms with van der Waals surface area (Å²) in [6.07, 6.45) is 0.0391. The molecule has 0 aliphatic carbocycles. The van der Waals surface area contributed by atoms with E-state index in [0.717, 1.165) is 33.4 Å². The second-order valence-electron chi connectivity index (χ2n) is 16.9. The van der Waals surface area contributed by atoms with Gasteiger partial charge in [0, 0.05) is 32.6 Å². The van der Waals surface area contributed by atoms with Crippen molar-refractivity contribution < 1.29 is 34.1 Å². The summed E-state index contributed by atoms with van der Waals surface area (Å²) in [5.41, 5.74) is 4.24. The van der Waals surface area contributed by atoms with E-state index in [9.17, 15) is 29.4 Å². The van der Waals surface area contributed by atoms with E-state index in [2.05, 4.69) is 62.8 Å². The Morgan fingerprint density at radius 3 is 1.40 bits per heavy atom. The zero-order chi connectivity index (χ0) is 38.2. The zero-order valence-electron chi connectivity index (χ0n) is 32.2. The van der Waals surface area contributed by atoms with Gasteiger partial charge in [0.25, 0.3) is 0 Å². The summed E-state index contributed by atoms with van der Waals surface area (Å²) < 4.78 is 5.36. The van der Waals surface area contributed by atoms with Crippen LogP contribution in [0.3, 0.4) is 0 Å². The molecule has 11 heteroatoms. The SMILES string of the molecule is CC(C)(C)c1cc(COC(=O)NCCNC(=O)C(=O)NCCNC(=O)CCc2c(C(C)(C)C)cc(O)cc2C(C)(C)C)cc(C(C)(C)C)c1O. The Bertz CT molecular complexity index is 1470. The molecule has 0 heterocycles. The molecule has 0 aliphatic heterocycles. The lowest BCUT2D eigenvalue weighted by molar-refractivity contribution is -0.139. The van der Waals surface area contributed by atoms with E-state index in [1.54, 1.807) is 12.1 Å². The number of carbonyl (C=O) groups is 4. The number of phenols is 2. The van der Waals surface area contributed by atoms with Crippen molar-refractivity contribution >= 4 is 23.8 Å². The highest BCUT2D eigenvalue weighted by molar-refractivity contribution is 6.35. The lowest BCUT2D eigenvalue weighted by Crippen LogP contribution is -2.44. The maximum absolute atomic E-state index is 12.7. The highest BCUT2D eigenvalue weighted by Gasteiger charge is 2.28. The van der Waals surface area contributed by atoms with E-state index in [-0.39, 0.29) is 78.3 Å². The molecule has 0 bridgehead atoms. The second kappa shape index (κ2) is 16.6. The van der Waals surface area contributed by atoms with E-state index in [4.69, 9.17) is 4.74 Å². The molecule has 2 aromatic carbocycles. The molecule has 0 aromatic heterocycles. The largest absolute Gasteiger partial charge is 0.508 e. The van der Waals surface area contributed by atoms with Crippen molar-refractivity contribution in [3.63, 3.8) is 0 Å². The number of benzene rings is 2. The summed E-state index contributed by atoms with van der Waals surface area (Å²) in [6, 6.07) is 7.22. The number of amides is 4. The van der Waals surface area contributed by atoms with E-state index >= 15 is 0 Å². The Morgan fingerprint density at radius 2 is 0.980 bits per heavy atom. The van der Waals surface area contributed by atoms with Crippen LogP contribution >= 0.6 is 0 Å². The molecular formula is C39H60N4O7. The summed E-state index contributed by atoms with van der Waals surface area (Å²) in [5.74, 6) is -1.46. The molecule has 0 saturated heterocycles. The van der Waals surface area contributed by atoms with Gasteiger partial charge in [0.05, 0.1) is 0 Å². The maximum Gasteiger partial charge on any atom is 0.407 e. The third-order valence-corrected chi connectivity index (χ3v) is 8.23. The molecule has 4 amide bonds. The average Bonchev–Trinajstić information content (AvgIpc) is 2.97. The van der Waals surface area contributed by atoms with Crippen molar-refractivity contribution in [1.82, 2.24) is 21.3 Å². The summed E-state index contributed by atoms with van der Waals surface area (Å²) in [5, 5.41) is 31.5. The topological polar surface area (TPSA) is 166 Å². The quantitative estimate of drug-likeness (QED) is 0.133. The molecular weight excluding hydrogens is 636 g/mol. The molecule has 6 N–H and O–H groups in total. The Morgan fingerprint density at radius 1 is 0.580 bits per heavy atom. The fourth-order valence-corrected chi connectivity index (χ4v) is 5.59. The van der Waals surface area contributed by atoms with Gasteiger partial charge >= 0.3 is 17.9 Å². The first-order chi connectivity index (χ1) is 22.8. The van der Waals surface area contributed by atoms with Gasteiger partial charge in [-0.1, -0.05) is 83.1 Å². The van der Waals surface area contributed by atoms with E-state index in [1.807, 2.05) is 53.7 Å². The van der Waals surface area contributed by atoms with Gasteiger partial charge in [-0.15, -0.1) is 0 Å². The van der Waals surface area contributed by atoms with Crippen LogP contribution in [0.2, 0.25) is 0 Å². The van der Waals surface area contributed by atoms with Crippen molar-refractivity contribution in [2.24, 2.45) is 0 Å². The van der Waals surface area contributed by atoms with E-state index < -0.39 is 17.9 Å². The van der Waals surface area contributed by atoms with Gasteiger partial charge in [-0.25, -0.2) is 4.79 Å². The van der Waals surface area contributed by atoms with Crippen LogP contribution in [-0.4, -0.2) is 60.2 Å². The van der Waals surface area contributed by atoms with Crippen molar-refractivity contribution in [1.29, 1.82) is 0 Å². The monoisotopic (exact) mass is 696 g/mol. The number of nitrogens with one attached hydrogen (secondary N) is 4. The van der Waals surface area contributed by atoms with Gasteiger partial charge in [0.15, 0.2) is 0 Å². The molecule has 2 aromatic rings. The van der Waals surface area contributed by atoms with Crippen molar-refractivity contribution in [3.8, 4) is 11.5 Å². The number of alkyl carbamates (subject to hydrolysis) is 1. The minimum absolute atomic E-state index is 0.00367. The number of rotatable bonds is 11. The zero-order valence-corrected chi connectivity index (χ0v) is 32.2. The number of carbonyl (C=O) groups excluding carboxylic acids is 4. The highest BCUT2D eigenvalue weighted by atomic mass is 16.5. The fourth-order valence-electron chi connectivity index (χ4n) is 5.59. The average molecular weight is 697 g/mol. The third kappa shape index (κ3) is 12.6. The Balaban J connectivity index is 1.76. The van der Waals surface area contributed by atoms with Crippen LogP contribution in [0.4, 0.5) is 4.79 Å². The van der Waals surface area contributed by atoms with Gasteiger partial charge < -0.3 is 36.2 Å². The summed E-state index contributed by atoms with van der Waals surface area (Å²) in [7, 11) is 0. The molecule has 50 heavy (non-hydrogen) atoms. The Kier molecular flexibility index (Phi) is 13.9. The van der Waals surface area contributed by atoms with Crippen LogP contribution in [-0.2, 0) is 53.8 Å². The van der Waals surface area contributed by atoms with Gasteiger partial charge in [-0.05, 0) is 85.7 Å². The van der Waals surface area contributed by atoms with Gasteiger partial charge in [-0.2, -0.15) is 0 Å². The number of ether oxygens (including phenoxy) is 1. The smallest absolute Gasteiger partial charge is 0.407 e. The first kappa shape index (κ1) is 41.9. The number of phenolic OH excluding ortho intramolecular Hbond substituents is 2. The van der Waals surface area contributed by atoms with Gasteiger partial charge in [-0.3, -0.25) is 14.4 Å². The van der Waals surface area contributed by atoms with Crippen molar-refractivity contribution in [2.75, 3.05) is 26.2 Å². The molecule has 278 valence electrons. The highest BCUT2D eigenvalue weighted by Crippen LogP contribution is 2.40. The normalized spacial score (nSPS) is 12.2. The molecule has 0 aliphatic rings. The molecule has 2 rings (SSSR count). The third-order valence-electron chi connectivity index (χ3n) is 8.23. The maximum atomic E-state index is 12.7. The van der Waals surface area contributed by atoms with Crippen LogP contribution in [0.5, 0.6) is 11.5 Å². The lowest BCUT2D eigenvalue weighted by atomic mass is 9.75. The van der Waals surface area contributed by atoms with Crippen LogP contribution in [0.1, 0.15) is 123 Å². The molecule has 0 atom stereocenters. The second-order valence-corrected chi connectivity index (χ2v) is 16.9. The molecule has 0 saturated carbocycles. The number of hydrogen-bond acceptors (Lipinski definition) is 7. The molecule has 0 radical (unpaired) electrons. The van der Waals surface area contributed by atoms with E-state index in [1.165, 1.54) is 0 Å². The van der Waals surface area contributed by atoms with Crippen LogP contribution in [0, 0.1) is 0 Å². The molecule has 0 spiro atoms. The van der Waals surface area contributed by atoms with Gasteiger partial charge in [0.1, 0.15) is 18.1 Å². The van der Waals surface area contributed by atoms with Gasteiger partial charge in [0.2, 0.25) is 5.91 Å². The van der Waals surface area contributed by atoms with Crippen LogP contribution < -0.4 is 21.3 Å². The molecule has 0 fully saturated rings. The van der Waals surface area contributed by atoms with Crippen molar-refractivity contribution in [3.05, 3.63) is 57.6 Å². The molecule has 0 unspecified atom stereocenters. The lowest BCUT2D eigenvalue weighted by Gasteiger charge is -2.30. The summed E-state index contributed by atoms with van der Waals surface area (Å²) >= 11 is 0. The number of aromatic hydroxyl groups is 2. The van der Waals surface area contributed by atoms with Crippen molar-refractivity contribution in [2.45, 2.75) is 124 Å². The predicted molar refractivity (Wildman–Crippen MR) is 197 cm³/mol. The first-order valence-electron chi connectivity index (χ1n) is 17.3. The van der Waals surface area contributed by atoms with Crippen LogP contribution in [0.15, 0.2) is 24.3 Å². The standard InChI is InChI=1S/C39H60N4O7/c1-36(2,3)27-21-25(44)22-28(37(4,5)6)26(27)13-14-31(45)40-15-16-41-33(47)34(48)42-17-18-43-35(49)50-23-24-19-29(38(7,8)9)32(46)30(20-24)39(10,11)12/h19-22,44,46H,13-18,23H2,1-12H3,(H,40,45)(H,41,47)(H,42,48)(H,43,49). The Labute approximate surface area is 298 Å². The summed E-state index contributed by atoms with van der Waals surface area (Å²) in [6.45, 7) is 24.7. The fraction of sp³-hybridized carbons (Fsp3) is 0.590. The summed E-state index contributed by atoms with van der Waals surface area (Å²) in [4.78, 5) is 49.4. The predicted octanol–water partition coefficient (Wildman–Crippen LogP) is 5.50.